The number of nitriles is 3. The van der Waals surface area contributed by atoms with Gasteiger partial charge in [0.1, 0.15) is 52.2 Å². The number of para-hydroxylation sites is 2. The van der Waals surface area contributed by atoms with E-state index in [-0.39, 0.29) is 57.9 Å². The summed E-state index contributed by atoms with van der Waals surface area (Å²) in [6, 6.07) is 49.4. The Balaban J connectivity index is 0.000000138. The first kappa shape index (κ1) is 64.3. The van der Waals surface area contributed by atoms with E-state index in [1.165, 1.54) is 51.8 Å². The predicted molar refractivity (Wildman–Crippen MR) is 364 cm³/mol. The Labute approximate surface area is 553 Å². The van der Waals surface area contributed by atoms with E-state index < -0.39 is 11.4 Å². The summed E-state index contributed by atoms with van der Waals surface area (Å²) in [5, 5.41) is 33.3. The van der Waals surface area contributed by atoms with Gasteiger partial charge in [-0.05, 0) is 110 Å². The summed E-state index contributed by atoms with van der Waals surface area (Å²) >= 11 is 6.19. The molecule has 23 heteroatoms. The molecule has 0 bridgehead atoms. The fraction of sp³-hybridized carbons (Fsp3) is 0.219. The summed E-state index contributed by atoms with van der Waals surface area (Å²) in [6.45, 7) is 7.90. The molecule has 6 aromatic carbocycles. The zero-order valence-electron chi connectivity index (χ0n) is 52.6. The van der Waals surface area contributed by atoms with Crippen molar-refractivity contribution in [3.63, 3.8) is 0 Å². The lowest BCUT2D eigenvalue weighted by Gasteiger charge is -2.37. The predicted octanol–water partition coefficient (Wildman–Crippen LogP) is 9.94. The number of aryl methyl sites for hydroxylation is 3. The molecule has 0 saturated carbocycles. The normalized spacial score (nSPS) is 14.0. The Morgan fingerprint density at radius 3 is 1.56 bits per heavy atom. The number of aromatic amines is 1. The van der Waals surface area contributed by atoms with Gasteiger partial charge in [0, 0.05) is 130 Å². The molecule has 1 N–H and O–H groups in total. The maximum atomic E-state index is 13.5. The number of H-pyrrole nitrogens is 1. The molecule has 20 nitrogen and oxygen atoms in total. The molecule has 5 aromatic heterocycles. The van der Waals surface area contributed by atoms with Crippen LogP contribution in [0.2, 0.25) is 5.02 Å². The lowest BCUT2D eigenvalue weighted by molar-refractivity contribution is 0.0712. The number of piperazine rings is 3. The molecule has 3 aliphatic rings. The number of halogens is 3. The first-order valence-corrected chi connectivity index (χ1v) is 31.4. The van der Waals surface area contributed by atoms with Crippen molar-refractivity contribution >= 4 is 90.0 Å². The number of carbonyl (C=O) groups is 3. The minimum Gasteiger partial charge on any atom is -0.459 e. The third-order valence-corrected chi connectivity index (χ3v) is 18.1. The minimum absolute atomic E-state index is 0.0369. The van der Waals surface area contributed by atoms with Crippen molar-refractivity contribution in [2.45, 2.75) is 13.5 Å². The molecule has 14 rings (SSSR count). The molecule has 0 aliphatic carbocycles. The molecule has 8 heterocycles. The van der Waals surface area contributed by atoms with Crippen molar-refractivity contribution in [2.75, 3.05) is 93.2 Å². The molecule has 0 spiro atoms. The monoisotopic (exact) mass is 1310 g/mol. The second kappa shape index (κ2) is 27.4. The first-order valence-electron chi connectivity index (χ1n) is 31.0. The van der Waals surface area contributed by atoms with Crippen molar-refractivity contribution < 1.29 is 27.6 Å². The zero-order chi connectivity index (χ0) is 67.5. The van der Waals surface area contributed by atoms with E-state index in [9.17, 15) is 53.3 Å². The fourth-order valence-corrected chi connectivity index (χ4v) is 13.0. The van der Waals surface area contributed by atoms with Crippen LogP contribution in [-0.2, 0) is 20.6 Å². The quantitative estimate of drug-likeness (QED) is 0.149. The summed E-state index contributed by atoms with van der Waals surface area (Å²) in [5.74, 6) is -0.834. The molecule has 0 radical (unpaired) electrons. The van der Waals surface area contributed by atoms with Gasteiger partial charge in [0.2, 0.25) is 0 Å². The summed E-state index contributed by atoms with van der Waals surface area (Å²) in [5.41, 5.74) is 6.90. The Hall–Kier alpha value is -11.8. The van der Waals surface area contributed by atoms with Gasteiger partial charge in [0.15, 0.2) is 5.76 Å². The summed E-state index contributed by atoms with van der Waals surface area (Å²) in [4.78, 5) is 91.8. The molecular weight excluding hydrogens is 1240 g/mol. The van der Waals surface area contributed by atoms with E-state index in [1.807, 2.05) is 100 Å². The number of anilines is 3. The number of fused-ring (bicyclic) bond motifs is 4. The van der Waals surface area contributed by atoms with Gasteiger partial charge in [0.05, 0.1) is 46.4 Å². The number of amides is 3. The fourth-order valence-electron chi connectivity index (χ4n) is 12.8. The van der Waals surface area contributed by atoms with Crippen LogP contribution in [0.1, 0.15) is 59.2 Å². The van der Waals surface area contributed by atoms with E-state index in [1.54, 1.807) is 70.9 Å². The van der Waals surface area contributed by atoms with Gasteiger partial charge in [-0.25, -0.2) is 8.78 Å². The number of nitrogens with zero attached hydrogens (tertiary/aromatic N) is 12. The minimum atomic E-state index is -0.392. The van der Waals surface area contributed by atoms with Crippen LogP contribution in [0.5, 0.6) is 0 Å². The molecule has 0 unspecified atom stereocenters. The summed E-state index contributed by atoms with van der Waals surface area (Å²) < 4.78 is 36.3. The molecule has 3 amide bonds. The second-order valence-corrected chi connectivity index (χ2v) is 24.0. The van der Waals surface area contributed by atoms with Gasteiger partial charge < -0.3 is 52.5 Å². The van der Waals surface area contributed by atoms with E-state index in [0.29, 0.717) is 129 Å². The topological polar surface area (TPSA) is 237 Å². The van der Waals surface area contributed by atoms with E-state index in [0.717, 1.165) is 43.7 Å². The lowest BCUT2D eigenvalue weighted by atomic mass is 10.0. The third kappa shape index (κ3) is 12.6. The van der Waals surface area contributed by atoms with Crippen molar-refractivity contribution in [1.82, 2.24) is 33.4 Å². The van der Waals surface area contributed by atoms with Crippen LogP contribution in [0.4, 0.5) is 25.8 Å². The number of pyridine rings is 3. The maximum absolute atomic E-state index is 13.5. The molecule has 0 atom stereocenters. The zero-order valence-corrected chi connectivity index (χ0v) is 53.3. The highest BCUT2D eigenvalue weighted by atomic mass is 35.5. The van der Waals surface area contributed by atoms with Gasteiger partial charge in [-0.15, -0.1) is 0 Å². The number of nitrogens with one attached hydrogen (secondary N) is 1. The average molecular weight is 1310 g/mol. The van der Waals surface area contributed by atoms with Crippen molar-refractivity contribution in [1.29, 1.82) is 15.8 Å². The lowest BCUT2D eigenvalue weighted by Crippen LogP contribution is -2.49. The number of hydrogen-bond donors (Lipinski definition) is 1. The first-order chi connectivity index (χ1) is 46.4. The highest BCUT2D eigenvalue weighted by molar-refractivity contribution is 6.31. The number of aromatic nitrogens is 4. The number of rotatable bonds is 8. The number of benzene rings is 6. The Morgan fingerprint density at radius 1 is 0.510 bits per heavy atom. The number of furan rings is 1. The van der Waals surface area contributed by atoms with Crippen molar-refractivity contribution in [3.8, 4) is 18.2 Å². The number of carbonyl (C=O) groups excluding carboxylic acids is 3. The van der Waals surface area contributed by atoms with Gasteiger partial charge in [0.25, 0.3) is 34.4 Å². The van der Waals surface area contributed by atoms with Crippen molar-refractivity contribution in [2.24, 2.45) is 14.1 Å². The molecule has 3 aliphatic heterocycles. The number of hydrogen-bond acceptors (Lipinski definition) is 13. The Morgan fingerprint density at radius 2 is 1.00 bits per heavy atom. The average Bonchev–Trinajstić information content (AvgIpc) is 1.04. The van der Waals surface area contributed by atoms with Crippen LogP contribution in [0.3, 0.4) is 0 Å². The Bertz CT molecular complexity index is 5140. The highest BCUT2D eigenvalue weighted by Crippen LogP contribution is 2.35. The van der Waals surface area contributed by atoms with Crippen LogP contribution >= 0.6 is 11.6 Å². The second-order valence-electron chi connectivity index (χ2n) is 23.5. The van der Waals surface area contributed by atoms with E-state index >= 15 is 0 Å². The highest BCUT2D eigenvalue weighted by Gasteiger charge is 2.31. The largest absolute Gasteiger partial charge is 0.459 e. The molecule has 482 valence electrons. The van der Waals surface area contributed by atoms with Gasteiger partial charge in [-0.2, -0.15) is 15.8 Å². The van der Waals surface area contributed by atoms with Crippen molar-refractivity contribution in [3.05, 3.63) is 250 Å². The maximum Gasteiger partial charge on any atom is 0.289 e. The van der Waals surface area contributed by atoms with Crippen LogP contribution < -0.4 is 31.4 Å². The molecule has 11 aromatic rings. The summed E-state index contributed by atoms with van der Waals surface area (Å²) in [7, 11) is 3.31. The molecule has 3 saturated heterocycles. The van der Waals surface area contributed by atoms with E-state index in [2.05, 4.69) is 22.0 Å². The van der Waals surface area contributed by atoms with Gasteiger partial charge in [-0.3, -0.25) is 28.8 Å². The van der Waals surface area contributed by atoms with Gasteiger partial charge >= 0.3 is 0 Å². The smallest absolute Gasteiger partial charge is 0.289 e. The van der Waals surface area contributed by atoms with Gasteiger partial charge in [-0.1, -0.05) is 71.8 Å². The molecule has 3 fully saturated rings. The summed E-state index contributed by atoms with van der Waals surface area (Å²) in [6.07, 6.45) is 1.47. The van der Waals surface area contributed by atoms with Crippen LogP contribution in [-0.4, -0.2) is 130 Å². The van der Waals surface area contributed by atoms with Crippen LogP contribution in [0.25, 0.3) is 43.6 Å². The molecular formula is C73H62ClF2N13O7. The Kier molecular flexibility index (Phi) is 18.4. The standard InChI is InChI=1S/C27H23FN4O3.C24H21N5O2.C22H18ClFN4O2/c1-18-4-9-23-21(15-18)25(30-10-12-31(13-11-30)27(34)24-3-2-14-35-24)22(16-29)26(33)32(23)17-19-5-7-20(28)8-6-19;1-27-21-9-5-3-7-17(21)22(18(15-25)23(27)30)28-10-12-29(13-11-28)24(31)20-14-16-6-2-4-8-19(16)26-20;1-26-19-7-4-15(23)12-17(19)20(18(13-25)22(26)30)27-8-10-28(11-9-27)21(29)14-2-5-16(24)6-3-14/h2-9,14-15H,10-13,17H2,1H3;2-9,14,26H,10-13H2,1H3;2-7,12H,8-11H2,1H3. The third-order valence-electron chi connectivity index (χ3n) is 17.8. The van der Waals surface area contributed by atoms with Crippen LogP contribution in [0, 0.1) is 52.6 Å². The van der Waals surface area contributed by atoms with E-state index in [4.69, 9.17) is 16.0 Å². The SMILES string of the molecule is Cc1ccc2c(c1)c(N1CCN(C(=O)c3ccco3)CC1)c(C#N)c(=O)n2Cc1ccc(F)cc1.Cn1c(=O)c(C#N)c(N2CCN(C(=O)c3cc4ccccc4[nH]3)CC2)c2ccccc21.Cn1c(=O)c(C#N)c(N2CCN(C(=O)c3ccc(F)cc3)CC2)c2cc(Cl)ccc21. The van der Waals surface area contributed by atoms with Crippen LogP contribution in [0.15, 0.2) is 177 Å². The molecule has 96 heavy (non-hydrogen) atoms.